The van der Waals surface area contributed by atoms with Crippen LogP contribution >= 0.6 is 0 Å². The molecule has 1 unspecified atom stereocenters. The van der Waals surface area contributed by atoms with Gasteiger partial charge in [0, 0.05) is 31.7 Å². The largest absolute Gasteiger partial charge is 0.381 e. The Bertz CT molecular complexity index is 201. The maximum atomic E-state index is 11.8. The van der Waals surface area contributed by atoms with E-state index >= 15 is 0 Å². The number of amides is 1. The van der Waals surface area contributed by atoms with Crippen molar-refractivity contribution in [1.82, 2.24) is 5.32 Å². The third kappa shape index (κ3) is 3.80. The molecule has 1 heterocycles. The molecule has 1 aliphatic heterocycles. The van der Waals surface area contributed by atoms with Crippen molar-refractivity contribution in [3.8, 4) is 0 Å². The van der Waals surface area contributed by atoms with Crippen LogP contribution in [-0.4, -0.2) is 31.7 Å². The van der Waals surface area contributed by atoms with E-state index in [1.165, 1.54) is 0 Å². The van der Waals surface area contributed by atoms with Gasteiger partial charge in [-0.15, -0.1) is 0 Å². The second-order valence-electron chi connectivity index (χ2n) is 4.48. The summed E-state index contributed by atoms with van der Waals surface area (Å²) in [5.41, 5.74) is 5.61. The van der Waals surface area contributed by atoms with Gasteiger partial charge >= 0.3 is 0 Å². The molecule has 3 N–H and O–H groups in total. The highest BCUT2D eigenvalue weighted by atomic mass is 16.5. The fraction of sp³-hybridized carbons (Fsp3) is 0.909. The Balaban J connectivity index is 2.38. The summed E-state index contributed by atoms with van der Waals surface area (Å²) in [5.74, 6) is 0.646. The fourth-order valence-electron chi connectivity index (χ4n) is 1.76. The SMILES string of the molecule is CC(C)C(CN)NC(=O)C1CCOCC1. The van der Waals surface area contributed by atoms with E-state index in [0.29, 0.717) is 25.7 Å². The van der Waals surface area contributed by atoms with Gasteiger partial charge in [-0.1, -0.05) is 13.8 Å². The summed E-state index contributed by atoms with van der Waals surface area (Å²) in [4.78, 5) is 11.8. The van der Waals surface area contributed by atoms with E-state index in [0.717, 1.165) is 12.8 Å². The highest BCUT2D eigenvalue weighted by Gasteiger charge is 2.24. The summed E-state index contributed by atoms with van der Waals surface area (Å²) < 4.78 is 5.22. The number of nitrogens with two attached hydrogens (primary N) is 1. The van der Waals surface area contributed by atoms with Crippen LogP contribution in [0.1, 0.15) is 26.7 Å². The molecule has 0 aromatic rings. The Kier molecular flexibility index (Phi) is 5.05. The van der Waals surface area contributed by atoms with Crippen LogP contribution < -0.4 is 11.1 Å². The zero-order valence-electron chi connectivity index (χ0n) is 9.66. The zero-order valence-corrected chi connectivity index (χ0v) is 9.66. The predicted octanol–water partition coefficient (Wildman–Crippen LogP) is 0.513. The van der Waals surface area contributed by atoms with E-state index < -0.39 is 0 Å². The van der Waals surface area contributed by atoms with Crippen molar-refractivity contribution in [1.29, 1.82) is 0 Å². The van der Waals surface area contributed by atoms with Crippen molar-refractivity contribution in [3.63, 3.8) is 0 Å². The lowest BCUT2D eigenvalue weighted by atomic mass is 9.97. The van der Waals surface area contributed by atoms with Crippen molar-refractivity contribution in [2.75, 3.05) is 19.8 Å². The topological polar surface area (TPSA) is 64.3 Å². The molecule has 1 saturated heterocycles. The molecule has 15 heavy (non-hydrogen) atoms. The molecule has 0 saturated carbocycles. The molecule has 88 valence electrons. The van der Waals surface area contributed by atoms with Crippen LogP contribution in [0.15, 0.2) is 0 Å². The molecule has 1 amide bonds. The van der Waals surface area contributed by atoms with E-state index in [2.05, 4.69) is 19.2 Å². The molecule has 4 heteroatoms. The number of nitrogens with one attached hydrogen (secondary N) is 1. The first-order chi connectivity index (χ1) is 7.15. The van der Waals surface area contributed by atoms with Crippen LogP contribution in [0.2, 0.25) is 0 Å². The van der Waals surface area contributed by atoms with Crippen LogP contribution in [0.25, 0.3) is 0 Å². The van der Waals surface area contributed by atoms with Gasteiger partial charge in [0.1, 0.15) is 0 Å². The van der Waals surface area contributed by atoms with Gasteiger partial charge in [0.2, 0.25) is 5.91 Å². The maximum absolute atomic E-state index is 11.8. The molecule has 0 spiro atoms. The Labute approximate surface area is 91.5 Å². The first-order valence-corrected chi connectivity index (χ1v) is 5.73. The third-order valence-electron chi connectivity index (χ3n) is 2.98. The molecular weight excluding hydrogens is 192 g/mol. The Hall–Kier alpha value is -0.610. The Morgan fingerprint density at radius 3 is 2.53 bits per heavy atom. The molecule has 0 aromatic heterocycles. The van der Waals surface area contributed by atoms with Crippen LogP contribution in [0.5, 0.6) is 0 Å². The second-order valence-corrected chi connectivity index (χ2v) is 4.48. The summed E-state index contributed by atoms with van der Waals surface area (Å²) in [7, 11) is 0. The van der Waals surface area contributed by atoms with Crippen LogP contribution in [0.4, 0.5) is 0 Å². The van der Waals surface area contributed by atoms with E-state index in [9.17, 15) is 4.79 Å². The van der Waals surface area contributed by atoms with Crippen molar-refractivity contribution >= 4 is 5.91 Å². The lowest BCUT2D eigenvalue weighted by Gasteiger charge is -2.26. The zero-order chi connectivity index (χ0) is 11.3. The van der Waals surface area contributed by atoms with Crippen molar-refractivity contribution in [3.05, 3.63) is 0 Å². The third-order valence-corrected chi connectivity index (χ3v) is 2.98. The molecule has 4 nitrogen and oxygen atoms in total. The van der Waals surface area contributed by atoms with E-state index in [4.69, 9.17) is 10.5 Å². The van der Waals surface area contributed by atoms with E-state index in [1.807, 2.05) is 0 Å². The highest BCUT2D eigenvalue weighted by molar-refractivity contribution is 5.79. The van der Waals surface area contributed by atoms with E-state index in [-0.39, 0.29) is 17.9 Å². The number of carbonyl (C=O) groups excluding carboxylic acids is 1. The number of hydrogen-bond acceptors (Lipinski definition) is 3. The molecule has 0 radical (unpaired) electrons. The lowest BCUT2D eigenvalue weighted by Crippen LogP contribution is -2.46. The van der Waals surface area contributed by atoms with Crippen molar-refractivity contribution in [2.45, 2.75) is 32.7 Å². The molecular formula is C11H22N2O2. The fourth-order valence-corrected chi connectivity index (χ4v) is 1.76. The van der Waals surface area contributed by atoms with Crippen molar-refractivity contribution < 1.29 is 9.53 Å². The molecule has 1 aliphatic rings. The van der Waals surface area contributed by atoms with Gasteiger partial charge in [-0.25, -0.2) is 0 Å². The van der Waals surface area contributed by atoms with Gasteiger partial charge in [0.05, 0.1) is 0 Å². The number of rotatable bonds is 4. The Morgan fingerprint density at radius 1 is 1.47 bits per heavy atom. The average Bonchev–Trinajstić information content (AvgIpc) is 2.26. The second kappa shape index (κ2) is 6.08. The van der Waals surface area contributed by atoms with Gasteiger partial charge in [0.15, 0.2) is 0 Å². The molecule has 1 rings (SSSR count). The predicted molar refractivity (Wildman–Crippen MR) is 59.4 cm³/mol. The maximum Gasteiger partial charge on any atom is 0.223 e. The van der Waals surface area contributed by atoms with Gasteiger partial charge in [-0.3, -0.25) is 4.79 Å². The number of carbonyl (C=O) groups is 1. The van der Waals surface area contributed by atoms with Crippen LogP contribution in [0.3, 0.4) is 0 Å². The van der Waals surface area contributed by atoms with Gasteiger partial charge in [0.25, 0.3) is 0 Å². The Morgan fingerprint density at radius 2 is 2.07 bits per heavy atom. The molecule has 0 aliphatic carbocycles. The molecule has 0 bridgehead atoms. The number of hydrogen-bond donors (Lipinski definition) is 2. The van der Waals surface area contributed by atoms with Crippen molar-refractivity contribution in [2.24, 2.45) is 17.6 Å². The normalized spacial score (nSPS) is 20.3. The minimum absolute atomic E-state index is 0.0975. The molecule has 1 atom stereocenters. The van der Waals surface area contributed by atoms with Gasteiger partial charge in [-0.05, 0) is 18.8 Å². The quantitative estimate of drug-likeness (QED) is 0.717. The smallest absolute Gasteiger partial charge is 0.223 e. The summed E-state index contributed by atoms with van der Waals surface area (Å²) in [6.45, 7) is 6.05. The van der Waals surface area contributed by atoms with Crippen LogP contribution in [-0.2, 0) is 9.53 Å². The lowest BCUT2D eigenvalue weighted by molar-refractivity contribution is -0.128. The summed E-state index contributed by atoms with van der Waals surface area (Å²) >= 11 is 0. The monoisotopic (exact) mass is 214 g/mol. The standard InChI is InChI=1S/C11H22N2O2/c1-8(2)10(7-12)13-11(14)9-3-5-15-6-4-9/h8-10H,3-7,12H2,1-2H3,(H,13,14). The first-order valence-electron chi connectivity index (χ1n) is 5.73. The minimum atomic E-state index is 0.0975. The first kappa shape index (κ1) is 12.5. The summed E-state index contributed by atoms with van der Waals surface area (Å²) in [6, 6.07) is 0.0975. The van der Waals surface area contributed by atoms with E-state index in [1.54, 1.807) is 0 Å². The molecule has 1 fully saturated rings. The summed E-state index contributed by atoms with van der Waals surface area (Å²) in [5, 5.41) is 3.02. The average molecular weight is 214 g/mol. The number of ether oxygens (including phenoxy) is 1. The highest BCUT2D eigenvalue weighted by Crippen LogP contribution is 2.15. The van der Waals surface area contributed by atoms with Gasteiger partial charge in [-0.2, -0.15) is 0 Å². The summed E-state index contributed by atoms with van der Waals surface area (Å²) in [6.07, 6.45) is 1.67. The van der Waals surface area contributed by atoms with Gasteiger partial charge < -0.3 is 15.8 Å². The minimum Gasteiger partial charge on any atom is -0.381 e. The molecule has 0 aromatic carbocycles. The van der Waals surface area contributed by atoms with Crippen LogP contribution in [0, 0.1) is 11.8 Å².